The highest BCUT2D eigenvalue weighted by Gasteiger charge is 2.19. The van der Waals surface area contributed by atoms with Crippen LogP contribution >= 0.6 is 0 Å². The smallest absolute Gasteiger partial charge is 0.306 e. The van der Waals surface area contributed by atoms with Gasteiger partial charge in [-0.05, 0) is 135 Å². The molecule has 1 atom stereocenters. The summed E-state index contributed by atoms with van der Waals surface area (Å²) >= 11 is 0. The first-order valence-corrected chi connectivity index (χ1v) is 32.7. The Labute approximate surface area is 487 Å². The molecule has 0 saturated heterocycles. The van der Waals surface area contributed by atoms with Gasteiger partial charge in [0.1, 0.15) is 13.2 Å². The van der Waals surface area contributed by atoms with E-state index in [0.717, 1.165) is 141 Å². The molecule has 0 aliphatic carbocycles. The van der Waals surface area contributed by atoms with Crippen molar-refractivity contribution in [3.8, 4) is 0 Å². The number of allylic oxidation sites excluding steroid dienone is 22. The summed E-state index contributed by atoms with van der Waals surface area (Å²) < 4.78 is 16.9. The van der Waals surface area contributed by atoms with Crippen LogP contribution in [0.25, 0.3) is 0 Å². The van der Waals surface area contributed by atoms with Crippen LogP contribution in [0.1, 0.15) is 290 Å². The molecule has 0 N–H and O–H groups in total. The molecule has 0 saturated carbocycles. The molecule has 6 heteroatoms. The topological polar surface area (TPSA) is 78.9 Å². The first kappa shape index (κ1) is 74.5. The first-order valence-electron chi connectivity index (χ1n) is 32.7. The average molecular weight is 1090 g/mol. The van der Waals surface area contributed by atoms with Crippen molar-refractivity contribution in [2.24, 2.45) is 0 Å². The Morgan fingerprint density at radius 3 is 0.797 bits per heavy atom. The van der Waals surface area contributed by atoms with Gasteiger partial charge in [0.2, 0.25) is 0 Å². The van der Waals surface area contributed by atoms with Crippen LogP contribution in [0.15, 0.2) is 134 Å². The quantitative estimate of drug-likeness (QED) is 0.0261. The Hall–Kier alpha value is -4.45. The van der Waals surface area contributed by atoms with Crippen LogP contribution in [0.4, 0.5) is 0 Å². The molecule has 6 nitrogen and oxygen atoms in total. The van der Waals surface area contributed by atoms with Crippen molar-refractivity contribution in [3.63, 3.8) is 0 Å². The Kier molecular flexibility index (Phi) is 62.3. The molecule has 0 heterocycles. The number of hydrogen-bond donors (Lipinski definition) is 0. The van der Waals surface area contributed by atoms with E-state index in [1.807, 2.05) is 0 Å². The van der Waals surface area contributed by atoms with Crippen molar-refractivity contribution in [3.05, 3.63) is 134 Å². The number of hydrogen-bond acceptors (Lipinski definition) is 6. The molecule has 79 heavy (non-hydrogen) atoms. The second-order valence-electron chi connectivity index (χ2n) is 21.3. The molecule has 0 spiro atoms. The molecule has 0 radical (unpaired) electrons. The predicted octanol–water partition coefficient (Wildman–Crippen LogP) is 22.5. The second kappa shape index (κ2) is 66.1. The molecule has 0 bridgehead atoms. The fourth-order valence-corrected chi connectivity index (χ4v) is 8.79. The fourth-order valence-electron chi connectivity index (χ4n) is 8.79. The highest BCUT2D eigenvalue weighted by Crippen LogP contribution is 2.16. The van der Waals surface area contributed by atoms with Gasteiger partial charge in [0.15, 0.2) is 6.10 Å². The lowest BCUT2D eigenvalue weighted by molar-refractivity contribution is -0.167. The number of esters is 3. The van der Waals surface area contributed by atoms with Gasteiger partial charge in [-0.3, -0.25) is 14.4 Å². The zero-order valence-corrected chi connectivity index (χ0v) is 51.3. The monoisotopic (exact) mass is 1090 g/mol. The molecule has 0 aliphatic rings. The number of rotatable bonds is 58. The molecular formula is C73H120O6. The SMILES string of the molecule is CC/C=C\C/C=C\C/C=C\C/C=C\C/C=C\CCCCCCCCCCCCCCCC(=O)OCC(COC(=O)CCCCCCC/C=C\CCCCCC)OC(=O)CCCCC/C=C\C/C=C\C/C=C\C/C=C\C/C=C\CC. The van der Waals surface area contributed by atoms with Crippen molar-refractivity contribution >= 4 is 17.9 Å². The zero-order valence-electron chi connectivity index (χ0n) is 51.3. The second-order valence-corrected chi connectivity index (χ2v) is 21.3. The summed E-state index contributed by atoms with van der Waals surface area (Å²) in [6, 6.07) is 0. The highest BCUT2D eigenvalue weighted by molar-refractivity contribution is 5.71. The van der Waals surface area contributed by atoms with Gasteiger partial charge in [0, 0.05) is 19.3 Å². The number of carbonyl (C=O) groups is 3. The maximum Gasteiger partial charge on any atom is 0.306 e. The molecular weight excluding hydrogens is 973 g/mol. The normalized spacial score (nSPS) is 13.0. The minimum absolute atomic E-state index is 0.0970. The van der Waals surface area contributed by atoms with Crippen LogP contribution in [0.2, 0.25) is 0 Å². The van der Waals surface area contributed by atoms with E-state index < -0.39 is 6.10 Å². The van der Waals surface area contributed by atoms with Crippen LogP contribution in [0.3, 0.4) is 0 Å². The molecule has 0 aromatic carbocycles. The van der Waals surface area contributed by atoms with Crippen LogP contribution < -0.4 is 0 Å². The Morgan fingerprint density at radius 2 is 0.494 bits per heavy atom. The summed E-state index contributed by atoms with van der Waals surface area (Å²) in [5, 5.41) is 0. The van der Waals surface area contributed by atoms with Crippen LogP contribution in [0, 0.1) is 0 Å². The molecule has 0 rings (SSSR count). The lowest BCUT2D eigenvalue weighted by atomic mass is 10.0. The van der Waals surface area contributed by atoms with Crippen LogP contribution in [0.5, 0.6) is 0 Å². The van der Waals surface area contributed by atoms with Gasteiger partial charge in [-0.15, -0.1) is 0 Å². The van der Waals surface area contributed by atoms with Gasteiger partial charge < -0.3 is 14.2 Å². The van der Waals surface area contributed by atoms with E-state index in [1.165, 1.54) is 109 Å². The maximum absolute atomic E-state index is 12.9. The number of unbranched alkanes of at least 4 members (excludes halogenated alkanes) is 25. The molecule has 0 fully saturated rings. The fraction of sp³-hybridized carbons (Fsp3) is 0.658. The predicted molar refractivity (Wildman–Crippen MR) is 343 cm³/mol. The third-order valence-electron chi connectivity index (χ3n) is 13.6. The highest BCUT2D eigenvalue weighted by atomic mass is 16.6. The summed E-state index contributed by atoms with van der Waals surface area (Å²) in [4.78, 5) is 38.3. The Balaban J connectivity index is 4.33. The van der Waals surface area contributed by atoms with Crippen molar-refractivity contribution in [2.75, 3.05) is 13.2 Å². The summed E-state index contributed by atoms with van der Waals surface area (Å²) in [6.07, 6.45) is 93.2. The van der Waals surface area contributed by atoms with Crippen molar-refractivity contribution in [1.82, 2.24) is 0 Å². The van der Waals surface area contributed by atoms with Gasteiger partial charge in [0.25, 0.3) is 0 Å². The lowest BCUT2D eigenvalue weighted by Crippen LogP contribution is -2.30. The minimum Gasteiger partial charge on any atom is -0.462 e. The van der Waals surface area contributed by atoms with E-state index in [4.69, 9.17) is 14.2 Å². The van der Waals surface area contributed by atoms with E-state index in [2.05, 4.69) is 154 Å². The average Bonchev–Trinajstić information content (AvgIpc) is 3.45. The summed E-state index contributed by atoms with van der Waals surface area (Å²) in [7, 11) is 0. The molecule has 0 aromatic heterocycles. The van der Waals surface area contributed by atoms with Gasteiger partial charge >= 0.3 is 17.9 Å². The van der Waals surface area contributed by atoms with Gasteiger partial charge in [0.05, 0.1) is 0 Å². The van der Waals surface area contributed by atoms with E-state index in [-0.39, 0.29) is 37.5 Å². The maximum atomic E-state index is 12.9. The molecule has 448 valence electrons. The largest absolute Gasteiger partial charge is 0.462 e. The molecule has 0 amide bonds. The minimum atomic E-state index is -0.804. The van der Waals surface area contributed by atoms with Gasteiger partial charge in [-0.1, -0.05) is 270 Å². The van der Waals surface area contributed by atoms with Crippen molar-refractivity contribution in [1.29, 1.82) is 0 Å². The van der Waals surface area contributed by atoms with E-state index >= 15 is 0 Å². The Morgan fingerprint density at radius 1 is 0.266 bits per heavy atom. The third kappa shape index (κ3) is 64.3. The summed E-state index contributed by atoms with van der Waals surface area (Å²) in [5.74, 6) is -0.936. The van der Waals surface area contributed by atoms with E-state index in [0.29, 0.717) is 12.8 Å². The molecule has 0 aromatic rings. The zero-order chi connectivity index (χ0) is 57.1. The van der Waals surface area contributed by atoms with Crippen molar-refractivity contribution in [2.45, 2.75) is 297 Å². The Bertz CT molecular complexity index is 1680. The standard InChI is InChI=1S/C73H120O6/c1-4-7-10-13-16-19-22-25-27-29-31-32-33-34-35-36-37-38-39-40-42-43-45-48-51-54-57-60-63-66-72(75)78-69-70(68-77-71(74)65-62-59-56-53-50-47-24-21-18-15-12-9-6-3)79-73(76)67-64-61-58-55-52-49-46-44-41-30-28-26-23-20-17-14-11-8-5-2/h7-8,10-11,16-17,19-21,24-28,31-32,34-35,41,44,49,52,70H,4-6,9,12-15,18,22-23,29-30,33,36-40,42-43,45-48,50-51,53-69H2,1-3H3/b10-7-,11-8-,19-16-,20-17-,24-21-,27-25-,28-26-,32-31-,35-34-,44-41-,52-49-. The van der Waals surface area contributed by atoms with Crippen LogP contribution in [-0.2, 0) is 28.6 Å². The lowest BCUT2D eigenvalue weighted by Gasteiger charge is -2.18. The van der Waals surface area contributed by atoms with Crippen molar-refractivity contribution < 1.29 is 28.6 Å². The summed E-state index contributed by atoms with van der Waals surface area (Å²) in [5.41, 5.74) is 0. The first-order chi connectivity index (χ1) is 39.0. The summed E-state index contributed by atoms with van der Waals surface area (Å²) in [6.45, 7) is 6.37. The van der Waals surface area contributed by atoms with Crippen LogP contribution in [-0.4, -0.2) is 37.2 Å². The van der Waals surface area contributed by atoms with Gasteiger partial charge in [-0.25, -0.2) is 0 Å². The molecule has 0 aliphatic heterocycles. The number of carbonyl (C=O) groups excluding carboxylic acids is 3. The molecule has 1 unspecified atom stereocenters. The van der Waals surface area contributed by atoms with Gasteiger partial charge in [-0.2, -0.15) is 0 Å². The van der Waals surface area contributed by atoms with E-state index in [1.54, 1.807) is 0 Å². The third-order valence-corrected chi connectivity index (χ3v) is 13.6. The van der Waals surface area contributed by atoms with E-state index in [9.17, 15) is 14.4 Å². The number of ether oxygens (including phenoxy) is 3.